The van der Waals surface area contributed by atoms with Crippen molar-refractivity contribution in [3.05, 3.63) is 34.9 Å². The molecule has 0 amide bonds. The van der Waals surface area contributed by atoms with Gasteiger partial charge in [-0.05, 0) is 26.0 Å². The van der Waals surface area contributed by atoms with Crippen LogP contribution in [0, 0.1) is 0 Å². The van der Waals surface area contributed by atoms with Crippen molar-refractivity contribution in [2.75, 3.05) is 14.2 Å². The minimum absolute atomic E-state index is 0.359. The highest BCUT2D eigenvalue weighted by molar-refractivity contribution is 5.90. The standard InChI is InChI=1S/C13H16O3/c1-9(2)7-10-5-6-11(13(14)16-4)8-12(10)15-3/h5-8H,1-4H3. The van der Waals surface area contributed by atoms with Gasteiger partial charge in [0.15, 0.2) is 0 Å². The van der Waals surface area contributed by atoms with E-state index >= 15 is 0 Å². The summed E-state index contributed by atoms with van der Waals surface area (Å²) in [5.41, 5.74) is 2.62. The van der Waals surface area contributed by atoms with E-state index in [-0.39, 0.29) is 5.97 Å². The van der Waals surface area contributed by atoms with Crippen LogP contribution >= 0.6 is 0 Å². The fraction of sp³-hybridized carbons (Fsp3) is 0.308. The maximum atomic E-state index is 11.3. The van der Waals surface area contributed by atoms with Crippen molar-refractivity contribution in [3.63, 3.8) is 0 Å². The van der Waals surface area contributed by atoms with E-state index in [4.69, 9.17) is 4.74 Å². The van der Waals surface area contributed by atoms with Crippen LogP contribution in [0.5, 0.6) is 5.75 Å². The van der Waals surface area contributed by atoms with Crippen LogP contribution < -0.4 is 4.74 Å². The molecule has 3 nitrogen and oxygen atoms in total. The molecule has 0 saturated heterocycles. The Bertz CT molecular complexity index is 415. The van der Waals surface area contributed by atoms with Gasteiger partial charge in [0, 0.05) is 5.56 Å². The SMILES string of the molecule is COC(=O)c1ccc(C=C(C)C)c(OC)c1. The predicted octanol–water partition coefficient (Wildman–Crippen LogP) is 2.91. The predicted molar refractivity (Wildman–Crippen MR) is 63.7 cm³/mol. The molecule has 0 spiro atoms. The topological polar surface area (TPSA) is 35.5 Å². The van der Waals surface area contributed by atoms with Gasteiger partial charge in [0.05, 0.1) is 19.8 Å². The van der Waals surface area contributed by atoms with Crippen LogP contribution in [0.15, 0.2) is 23.8 Å². The van der Waals surface area contributed by atoms with Crippen molar-refractivity contribution in [1.29, 1.82) is 0 Å². The fourth-order valence-corrected chi connectivity index (χ4v) is 1.39. The molecule has 16 heavy (non-hydrogen) atoms. The second-order valence-corrected chi connectivity index (χ2v) is 3.67. The second kappa shape index (κ2) is 5.35. The Balaban J connectivity index is 3.16. The molecule has 1 aromatic rings. The lowest BCUT2D eigenvalue weighted by Crippen LogP contribution is -2.01. The zero-order valence-corrected chi connectivity index (χ0v) is 10.0. The van der Waals surface area contributed by atoms with Gasteiger partial charge in [-0.1, -0.05) is 17.7 Å². The molecule has 0 aliphatic rings. The van der Waals surface area contributed by atoms with Crippen LogP contribution in [0.4, 0.5) is 0 Å². The summed E-state index contributed by atoms with van der Waals surface area (Å²) in [5, 5.41) is 0. The number of hydrogen-bond acceptors (Lipinski definition) is 3. The number of benzene rings is 1. The van der Waals surface area contributed by atoms with Gasteiger partial charge < -0.3 is 9.47 Å². The average Bonchev–Trinajstić information content (AvgIpc) is 2.27. The second-order valence-electron chi connectivity index (χ2n) is 3.67. The van der Waals surface area contributed by atoms with Crippen LogP contribution in [-0.4, -0.2) is 20.2 Å². The normalized spacial score (nSPS) is 9.50. The van der Waals surface area contributed by atoms with E-state index in [9.17, 15) is 4.79 Å². The lowest BCUT2D eigenvalue weighted by molar-refractivity contribution is 0.0600. The summed E-state index contributed by atoms with van der Waals surface area (Å²) in [6.45, 7) is 4.02. The highest BCUT2D eigenvalue weighted by atomic mass is 16.5. The van der Waals surface area contributed by atoms with E-state index in [2.05, 4.69) is 4.74 Å². The number of ether oxygens (including phenoxy) is 2. The zero-order valence-electron chi connectivity index (χ0n) is 10.0. The molecule has 0 N–H and O–H groups in total. The summed E-state index contributed by atoms with van der Waals surface area (Å²) in [5.74, 6) is 0.311. The van der Waals surface area contributed by atoms with Crippen molar-refractivity contribution in [2.45, 2.75) is 13.8 Å². The molecular weight excluding hydrogens is 204 g/mol. The van der Waals surface area contributed by atoms with E-state index in [0.717, 1.165) is 5.56 Å². The number of carbonyl (C=O) groups excluding carboxylic acids is 1. The molecule has 86 valence electrons. The quantitative estimate of drug-likeness (QED) is 0.735. The molecule has 0 heterocycles. The fourth-order valence-electron chi connectivity index (χ4n) is 1.39. The molecule has 0 unspecified atom stereocenters. The summed E-state index contributed by atoms with van der Waals surface area (Å²) in [4.78, 5) is 11.3. The Morgan fingerprint density at radius 3 is 2.44 bits per heavy atom. The molecule has 0 fully saturated rings. The van der Waals surface area contributed by atoms with Crippen molar-refractivity contribution >= 4 is 12.0 Å². The van der Waals surface area contributed by atoms with Crippen molar-refractivity contribution in [1.82, 2.24) is 0 Å². The average molecular weight is 220 g/mol. The molecule has 0 saturated carbocycles. The first-order valence-corrected chi connectivity index (χ1v) is 4.99. The van der Waals surface area contributed by atoms with E-state index in [0.29, 0.717) is 11.3 Å². The molecule has 0 aliphatic carbocycles. The molecular formula is C13H16O3. The van der Waals surface area contributed by atoms with Crippen LogP contribution in [0.25, 0.3) is 6.08 Å². The maximum absolute atomic E-state index is 11.3. The Morgan fingerprint density at radius 2 is 1.94 bits per heavy atom. The molecule has 0 bridgehead atoms. The summed E-state index contributed by atoms with van der Waals surface area (Å²) in [7, 11) is 2.94. The largest absolute Gasteiger partial charge is 0.496 e. The first-order chi connectivity index (χ1) is 7.58. The number of hydrogen-bond donors (Lipinski definition) is 0. The van der Waals surface area contributed by atoms with Crippen LogP contribution in [0.3, 0.4) is 0 Å². The molecule has 1 rings (SSSR count). The van der Waals surface area contributed by atoms with Gasteiger partial charge in [0.25, 0.3) is 0 Å². The highest BCUT2D eigenvalue weighted by Gasteiger charge is 2.08. The third-order valence-electron chi connectivity index (χ3n) is 2.10. The van der Waals surface area contributed by atoms with Crippen molar-refractivity contribution < 1.29 is 14.3 Å². The maximum Gasteiger partial charge on any atom is 0.337 e. The third kappa shape index (κ3) is 2.86. The van der Waals surface area contributed by atoms with E-state index in [1.54, 1.807) is 19.2 Å². The van der Waals surface area contributed by atoms with Crippen LogP contribution in [0.1, 0.15) is 29.8 Å². The number of carbonyl (C=O) groups is 1. The molecule has 0 aliphatic heterocycles. The van der Waals surface area contributed by atoms with Gasteiger partial charge in [-0.3, -0.25) is 0 Å². The minimum Gasteiger partial charge on any atom is -0.496 e. The summed E-state index contributed by atoms with van der Waals surface area (Å²) in [6, 6.07) is 5.25. The summed E-state index contributed by atoms with van der Waals surface area (Å²) in [6.07, 6.45) is 2.00. The number of rotatable bonds is 3. The first-order valence-electron chi connectivity index (χ1n) is 4.99. The molecule has 1 aromatic carbocycles. The molecule has 3 heteroatoms. The first kappa shape index (κ1) is 12.3. The van der Waals surface area contributed by atoms with Gasteiger partial charge in [0.2, 0.25) is 0 Å². The van der Waals surface area contributed by atoms with Gasteiger partial charge in [-0.2, -0.15) is 0 Å². The third-order valence-corrected chi connectivity index (χ3v) is 2.10. The van der Waals surface area contributed by atoms with Gasteiger partial charge in [-0.15, -0.1) is 0 Å². The molecule has 0 atom stereocenters. The molecule has 0 aromatic heterocycles. The Kier molecular flexibility index (Phi) is 4.11. The van der Waals surface area contributed by atoms with E-state index in [1.807, 2.05) is 26.0 Å². The van der Waals surface area contributed by atoms with Crippen LogP contribution in [0.2, 0.25) is 0 Å². The van der Waals surface area contributed by atoms with Crippen molar-refractivity contribution in [3.8, 4) is 5.75 Å². The van der Waals surface area contributed by atoms with Crippen molar-refractivity contribution in [2.24, 2.45) is 0 Å². The number of methoxy groups -OCH3 is 2. The monoisotopic (exact) mass is 220 g/mol. The van der Waals surface area contributed by atoms with Gasteiger partial charge in [0.1, 0.15) is 5.75 Å². The summed E-state index contributed by atoms with van der Waals surface area (Å²) >= 11 is 0. The van der Waals surface area contributed by atoms with Crippen LogP contribution in [-0.2, 0) is 4.74 Å². The summed E-state index contributed by atoms with van der Waals surface area (Å²) < 4.78 is 9.88. The number of allylic oxidation sites excluding steroid dienone is 1. The Hall–Kier alpha value is -1.77. The zero-order chi connectivity index (χ0) is 12.1. The Morgan fingerprint density at radius 1 is 1.25 bits per heavy atom. The molecule has 0 radical (unpaired) electrons. The van der Waals surface area contributed by atoms with Gasteiger partial charge >= 0.3 is 5.97 Å². The highest BCUT2D eigenvalue weighted by Crippen LogP contribution is 2.23. The van der Waals surface area contributed by atoms with E-state index < -0.39 is 0 Å². The Labute approximate surface area is 95.7 Å². The lowest BCUT2D eigenvalue weighted by atomic mass is 10.1. The van der Waals surface area contributed by atoms with Gasteiger partial charge in [-0.25, -0.2) is 4.79 Å². The lowest BCUT2D eigenvalue weighted by Gasteiger charge is -2.07. The minimum atomic E-state index is -0.359. The van der Waals surface area contributed by atoms with E-state index in [1.165, 1.54) is 12.7 Å². The smallest absolute Gasteiger partial charge is 0.337 e. The number of esters is 1.